The Labute approximate surface area is 125 Å². The minimum atomic E-state index is -0.785. The van der Waals surface area contributed by atoms with E-state index in [9.17, 15) is 13.6 Å². The molecule has 0 saturated heterocycles. The molecule has 21 heavy (non-hydrogen) atoms. The minimum Gasteiger partial charge on any atom is -0.457 e. The molecule has 0 N–H and O–H groups in total. The highest BCUT2D eigenvalue weighted by atomic mass is 32.1. The lowest BCUT2D eigenvalue weighted by Gasteiger charge is -2.07. The molecule has 0 bridgehead atoms. The number of carbonyl (C=O) groups excluding carboxylic acids is 1. The maximum absolute atomic E-state index is 13.9. The molecule has 0 aliphatic carbocycles. The summed E-state index contributed by atoms with van der Waals surface area (Å²) >= 11 is 4.18. The minimum absolute atomic E-state index is 0.00609. The van der Waals surface area contributed by atoms with Crippen molar-refractivity contribution in [2.45, 2.75) is 4.90 Å². The van der Waals surface area contributed by atoms with Crippen LogP contribution in [0.25, 0.3) is 11.1 Å². The summed E-state index contributed by atoms with van der Waals surface area (Å²) in [6.45, 7) is -0.00609. The van der Waals surface area contributed by atoms with Crippen molar-refractivity contribution in [2.75, 3.05) is 6.61 Å². The van der Waals surface area contributed by atoms with Crippen LogP contribution in [0.3, 0.4) is 0 Å². The van der Waals surface area contributed by atoms with Crippen LogP contribution in [0, 0.1) is 11.6 Å². The number of cyclic esters (lactones) is 1. The number of rotatable bonds is 2. The molecule has 2 aromatic carbocycles. The van der Waals surface area contributed by atoms with Gasteiger partial charge in [0.2, 0.25) is 0 Å². The maximum Gasteiger partial charge on any atom is 0.339 e. The van der Waals surface area contributed by atoms with Gasteiger partial charge in [-0.2, -0.15) is 0 Å². The molecule has 2 nitrogen and oxygen atoms in total. The van der Waals surface area contributed by atoms with E-state index in [4.69, 9.17) is 4.74 Å². The predicted octanol–water partition coefficient (Wildman–Crippen LogP) is 3.72. The van der Waals surface area contributed by atoms with Crippen LogP contribution in [-0.2, 0) is 9.53 Å². The first-order valence-electron chi connectivity index (χ1n) is 6.22. The van der Waals surface area contributed by atoms with E-state index in [1.165, 1.54) is 6.07 Å². The van der Waals surface area contributed by atoms with Gasteiger partial charge in [-0.25, -0.2) is 13.6 Å². The van der Waals surface area contributed by atoms with Crippen molar-refractivity contribution < 1.29 is 18.3 Å². The molecule has 1 aliphatic rings. The van der Waals surface area contributed by atoms with E-state index in [1.54, 1.807) is 24.3 Å². The van der Waals surface area contributed by atoms with Crippen LogP contribution in [0.5, 0.6) is 0 Å². The van der Waals surface area contributed by atoms with Gasteiger partial charge in [0.25, 0.3) is 0 Å². The lowest BCUT2D eigenvalue weighted by molar-refractivity contribution is -0.133. The van der Waals surface area contributed by atoms with Gasteiger partial charge in [0.1, 0.15) is 18.2 Å². The summed E-state index contributed by atoms with van der Waals surface area (Å²) in [7, 11) is 0. The Balaban J connectivity index is 2.23. The van der Waals surface area contributed by atoms with Crippen LogP contribution in [0.4, 0.5) is 8.78 Å². The number of esters is 1. The van der Waals surface area contributed by atoms with E-state index < -0.39 is 17.6 Å². The molecule has 0 saturated carbocycles. The first-order valence-corrected chi connectivity index (χ1v) is 6.66. The van der Waals surface area contributed by atoms with Crippen LogP contribution in [0.2, 0.25) is 0 Å². The summed E-state index contributed by atoms with van der Waals surface area (Å²) in [5, 5.41) is 0. The average molecular weight is 304 g/mol. The fourth-order valence-corrected chi connectivity index (χ4v) is 2.43. The lowest BCUT2D eigenvalue weighted by Crippen LogP contribution is -2.03. The van der Waals surface area contributed by atoms with E-state index in [2.05, 4.69) is 12.6 Å². The molecular formula is C16H10F2O2S. The van der Waals surface area contributed by atoms with Gasteiger partial charge in [0.15, 0.2) is 0 Å². The zero-order valence-electron chi connectivity index (χ0n) is 10.8. The van der Waals surface area contributed by atoms with E-state index in [0.717, 1.165) is 17.0 Å². The maximum atomic E-state index is 13.9. The van der Waals surface area contributed by atoms with Crippen molar-refractivity contribution in [3.8, 4) is 0 Å². The number of hydrogen-bond acceptors (Lipinski definition) is 3. The Bertz CT molecular complexity index is 731. The molecule has 0 unspecified atom stereocenters. The number of thiol groups is 1. The summed E-state index contributed by atoms with van der Waals surface area (Å²) in [5.74, 6) is -2.29. The molecule has 106 valence electrons. The number of carbonyl (C=O) groups is 1. The normalized spacial score (nSPS) is 14.5. The molecule has 0 aromatic heterocycles. The number of hydrogen-bond donors (Lipinski definition) is 1. The van der Waals surface area contributed by atoms with Crippen molar-refractivity contribution in [3.63, 3.8) is 0 Å². The third kappa shape index (κ3) is 2.45. The number of benzene rings is 2. The van der Waals surface area contributed by atoms with Gasteiger partial charge in [-0.3, -0.25) is 0 Å². The van der Waals surface area contributed by atoms with Gasteiger partial charge in [-0.1, -0.05) is 18.2 Å². The molecule has 2 aromatic rings. The lowest BCUT2D eigenvalue weighted by atomic mass is 9.96. The summed E-state index contributed by atoms with van der Waals surface area (Å²) < 4.78 is 32.8. The molecule has 0 spiro atoms. The summed E-state index contributed by atoms with van der Waals surface area (Å²) in [6, 6.07) is 10.4. The first-order chi connectivity index (χ1) is 10.1. The van der Waals surface area contributed by atoms with Gasteiger partial charge in [-0.05, 0) is 29.8 Å². The Hall–Kier alpha value is -2.14. The van der Waals surface area contributed by atoms with Crippen molar-refractivity contribution in [3.05, 3.63) is 65.2 Å². The fraction of sp³-hybridized carbons (Fsp3) is 0.0625. The smallest absolute Gasteiger partial charge is 0.339 e. The SMILES string of the molecule is O=C1OCC(c2ccc(S)cc2)=C1c1c(F)cccc1F. The summed E-state index contributed by atoms with van der Waals surface area (Å²) in [4.78, 5) is 12.7. The van der Waals surface area contributed by atoms with Gasteiger partial charge in [0, 0.05) is 10.5 Å². The van der Waals surface area contributed by atoms with Gasteiger partial charge < -0.3 is 4.74 Å². The van der Waals surface area contributed by atoms with Crippen LogP contribution >= 0.6 is 12.6 Å². The highest BCUT2D eigenvalue weighted by Crippen LogP contribution is 2.35. The summed E-state index contributed by atoms with van der Waals surface area (Å²) in [5.41, 5.74) is 0.746. The van der Waals surface area contributed by atoms with Crippen molar-refractivity contribution >= 4 is 29.7 Å². The van der Waals surface area contributed by atoms with Crippen LogP contribution in [0.1, 0.15) is 11.1 Å². The average Bonchev–Trinajstić information content (AvgIpc) is 2.82. The third-order valence-corrected chi connectivity index (χ3v) is 3.58. The van der Waals surface area contributed by atoms with Gasteiger partial charge >= 0.3 is 5.97 Å². The van der Waals surface area contributed by atoms with Crippen molar-refractivity contribution in [2.24, 2.45) is 0 Å². The zero-order valence-corrected chi connectivity index (χ0v) is 11.7. The fourth-order valence-electron chi connectivity index (χ4n) is 2.29. The van der Waals surface area contributed by atoms with E-state index in [1.807, 2.05) is 0 Å². The first kappa shape index (κ1) is 13.8. The Morgan fingerprint density at radius 2 is 1.62 bits per heavy atom. The molecular weight excluding hydrogens is 294 g/mol. The molecule has 0 fully saturated rings. The Kier molecular flexibility index (Phi) is 3.51. The highest BCUT2D eigenvalue weighted by molar-refractivity contribution is 7.80. The highest BCUT2D eigenvalue weighted by Gasteiger charge is 2.31. The molecule has 3 rings (SSSR count). The standard InChI is InChI=1S/C16H10F2O2S/c17-12-2-1-3-13(18)15(12)14-11(8-20-16(14)19)9-4-6-10(21)7-5-9/h1-7,21H,8H2. The molecule has 0 radical (unpaired) electrons. The molecule has 5 heteroatoms. The second-order valence-corrected chi connectivity index (χ2v) is 5.09. The van der Waals surface area contributed by atoms with Gasteiger partial charge in [-0.15, -0.1) is 12.6 Å². The largest absolute Gasteiger partial charge is 0.457 e. The van der Waals surface area contributed by atoms with Crippen molar-refractivity contribution in [1.82, 2.24) is 0 Å². The second-order valence-electron chi connectivity index (χ2n) is 4.57. The van der Waals surface area contributed by atoms with Crippen molar-refractivity contribution in [1.29, 1.82) is 0 Å². The Morgan fingerprint density at radius 1 is 1.00 bits per heavy atom. The second kappa shape index (κ2) is 5.33. The van der Waals surface area contributed by atoms with E-state index >= 15 is 0 Å². The zero-order chi connectivity index (χ0) is 15.0. The number of ether oxygens (including phenoxy) is 1. The van der Waals surface area contributed by atoms with Crippen LogP contribution in [-0.4, -0.2) is 12.6 Å². The summed E-state index contributed by atoms with van der Waals surface area (Å²) in [6.07, 6.45) is 0. The predicted molar refractivity (Wildman–Crippen MR) is 77.8 cm³/mol. The topological polar surface area (TPSA) is 26.3 Å². The Morgan fingerprint density at radius 3 is 2.24 bits per heavy atom. The molecule has 1 aliphatic heterocycles. The molecule has 0 amide bonds. The quantitative estimate of drug-likeness (QED) is 0.676. The molecule has 0 atom stereocenters. The van der Waals surface area contributed by atoms with E-state index in [0.29, 0.717) is 11.1 Å². The van der Waals surface area contributed by atoms with Crippen LogP contribution < -0.4 is 0 Å². The van der Waals surface area contributed by atoms with Crippen LogP contribution in [0.15, 0.2) is 47.4 Å². The third-order valence-electron chi connectivity index (χ3n) is 3.28. The molecule has 1 heterocycles. The number of halogens is 2. The monoisotopic (exact) mass is 304 g/mol. The van der Waals surface area contributed by atoms with Gasteiger partial charge in [0.05, 0.1) is 11.1 Å². The van der Waals surface area contributed by atoms with E-state index in [-0.39, 0.29) is 17.7 Å².